The topological polar surface area (TPSA) is 21.8 Å². The van der Waals surface area contributed by atoms with Crippen molar-refractivity contribution in [3.05, 3.63) is 0 Å². The fourth-order valence-corrected chi connectivity index (χ4v) is 1.35. The second-order valence-corrected chi connectivity index (χ2v) is 3.52. The summed E-state index contributed by atoms with van der Waals surface area (Å²) < 4.78 is 10.3. The molecule has 0 aromatic carbocycles. The first-order valence-electron chi connectivity index (χ1n) is 4.38. The maximum atomic E-state index is 5.30. The smallest absolute Gasteiger partial charge is 0.0839 e. The van der Waals surface area contributed by atoms with Gasteiger partial charge in [-0.1, -0.05) is 6.92 Å². The van der Waals surface area contributed by atoms with Crippen molar-refractivity contribution in [2.75, 3.05) is 13.7 Å². The summed E-state index contributed by atoms with van der Waals surface area (Å²) in [5, 5.41) is 0. The van der Waals surface area contributed by atoms with Crippen molar-refractivity contribution in [3.63, 3.8) is 0 Å². The Morgan fingerprint density at radius 3 is 2.64 bits per heavy atom. The van der Waals surface area contributed by atoms with Crippen molar-refractivity contribution in [2.45, 2.75) is 38.9 Å². The number of hydrogen-bond donors (Lipinski definition) is 0. The SMILES string of the molecule is COCC(C)CCC1OC1C. The summed E-state index contributed by atoms with van der Waals surface area (Å²) in [6, 6.07) is 0. The van der Waals surface area contributed by atoms with E-state index in [9.17, 15) is 0 Å². The van der Waals surface area contributed by atoms with Crippen molar-refractivity contribution >= 4 is 0 Å². The molecule has 0 bridgehead atoms. The van der Waals surface area contributed by atoms with Crippen LogP contribution in [-0.2, 0) is 9.47 Å². The summed E-state index contributed by atoms with van der Waals surface area (Å²) in [7, 11) is 1.76. The highest BCUT2D eigenvalue weighted by Gasteiger charge is 2.33. The molecule has 1 fully saturated rings. The van der Waals surface area contributed by atoms with E-state index in [1.807, 2.05) is 0 Å². The van der Waals surface area contributed by atoms with E-state index in [1.54, 1.807) is 7.11 Å². The lowest BCUT2D eigenvalue weighted by atomic mass is 10.0. The molecule has 0 aliphatic carbocycles. The Morgan fingerprint density at radius 1 is 1.55 bits per heavy atom. The fraction of sp³-hybridized carbons (Fsp3) is 1.00. The molecule has 0 aromatic rings. The maximum absolute atomic E-state index is 5.30. The molecule has 0 amide bonds. The second-order valence-electron chi connectivity index (χ2n) is 3.52. The normalized spacial score (nSPS) is 31.9. The van der Waals surface area contributed by atoms with Crippen LogP contribution in [0.4, 0.5) is 0 Å². The van der Waals surface area contributed by atoms with E-state index in [2.05, 4.69) is 13.8 Å². The van der Waals surface area contributed by atoms with E-state index in [-0.39, 0.29) is 0 Å². The Balaban J connectivity index is 1.94. The van der Waals surface area contributed by atoms with E-state index < -0.39 is 0 Å². The number of rotatable bonds is 5. The van der Waals surface area contributed by atoms with Crippen LogP contribution in [0.2, 0.25) is 0 Å². The van der Waals surface area contributed by atoms with E-state index in [1.165, 1.54) is 12.8 Å². The molecule has 0 saturated carbocycles. The van der Waals surface area contributed by atoms with Crippen LogP contribution in [0.1, 0.15) is 26.7 Å². The lowest BCUT2D eigenvalue weighted by molar-refractivity contribution is 0.153. The van der Waals surface area contributed by atoms with Crippen molar-refractivity contribution in [3.8, 4) is 0 Å². The molecule has 0 radical (unpaired) electrons. The van der Waals surface area contributed by atoms with E-state index in [0.29, 0.717) is 18.1 Å². The zero-order valence-corrected chi connectivity index (χ0v) is 7.67. The highest BCUT2D eigenvalue weighted by atomic mass is 16.6. The van der Waals surface area contributed by atoms with Gasteiger partial charge in [0.05, 0.1) is 12.2 Å². The minimum atomic E-state index is 0.518. The molecule has 1 heterocycles. The zero-order valence-electron chi connectivity index (χ0n) is 7.67. The van der Waals surface area contributed by atoms with Crippen molar-refractivity contribution in [1.82, 2.24) is 0 Å². The second kappa shape index (κ2) is 4.07. The molecule has 2 nitrogen and oxygen atoms in total. The third-order valence-electron chi connectivity index (χ3n) is 2.23. The molecule has 1 rings (SSSR count). The van der Waals surface area contributed by atoms with Gasteiger partial charge in [-0.25, -0.2) is 0 Å². The molecular weight excluding hydrogens is 140 g/mol. The van der Waals surface area contributed by atoms with Crippen LogP contribution < -0.4 is 0 Å². The minimum Gasteiger partial charge on any atom is -0.384 e. The molecule has 2 heteroatoms. The van der Waals surface area contributed by atoms with Gasteiger partial charge < -0.3 is 9.47 Å². The molecule has 1 saturated heterocycles. The van der Waals surface area contributed by atoms with Gasteiger partial charge in [0.25, 0.3) is 0 Å². The Hall–Kier alpha value is -0.0800. The molecule has 0 aromatic heterocycles. The first-order chi connectivity index (χ1) is 5.24. The van der Waals surface area contributed by atoms with Gasteiger partial charge in [0.1, 0.15) is 0 Å². The molecule has 66 valence electrons. The number of epoxide rings is 1. The number of hydrogen-bond acceptors (Lipinski definition) is 2. The molecule has 3 unspecified atom stereocenters. The predicted molar refractivity (Wildman–Crippen MR) is 44.6 cm³/mol. The Labute approximate surface area is 68.9 Å². The van der Waals surface area contributed by atoms with Gasteiger partial charge in [0.2, 0.25) is 0 Å². The third kappa shape index (κ3) is 3.21. The van der Waals surface area contributed by atoms with Crippen LogP contribution in [0.3, 0.4) is 0 Å². The van der Waals surface area contributed by atoms with Crippen molar-refractivity contribution in [2.24, 2.45) is 5.92 Å². The van der Waals surface area contributed by atoms with Gasteiger partial charge in [-0.2, -0.15) is 0 Å². The lowest BCUT2D eigenvalue weighted by Crippen LogP contribution is -2.05. The molecule has 3 atom stereocenters. The van der Waals surface area contributed by atoms with Crippen molar-refractivity contribution < 1.29 is 9.47 Å². The predicted octanol–water partition coefficient (Wildman–Crippen LogP) is 1.84. The Bertz CT molecular complexity index is 114. The van der Waals surface area contributed by atoms with E-state index >= 15 is 0 Å². The Morgan fingerprint density at radius 2 is 2.18 bits per heavy atom. The quantitative estimate of drug-likeness (QED) is 0.569. The number of methoxy groups -OCH3 is 1. The van der Waals surface area contributed by atoms with Crippen LogP contribution in [0.15, 0.2) is 0 Å². The van der Waals surface area contributed by atoms with Gasteiger partial charge >= 0.3 is 0 Å². The van der Waals surface area contributed by atoms with E-state index in [4.69, 9.17) is 9.47 Å². The average molecular weight is 158 g/mol. The number of ether oxygens (including phenoxy) is 2. The summed E-state index contributed by atoms with van der Waals surface area (Å²) in [5.41, 5.74) is 0. The summed E-state index contributed by atoms with van der Waals surface area (Å²) in [5.74, 6) is 0.677. The monoisotopic (exact) mass is 158 g/mol. The van der Waals surface area contributed by atoms with Crippen LogP contribution >= 0.6 is 0 Å². The maximum Gasteiger partial charge on any atom is 0.0839 e. The highest BCUT2D eigenvalue weighted by Crippen LogP contribution is 2.27. The zero-order chi connectivity index (χ0) is 8.27. The van der Waals surface area contributed by atoms with Gasteiger partial charge in [-0.15, -0.1) is 0 Å². The first-order valence-corrected chi connectivity index (χ1v) is 4.38. The van der Waals surface area contributed by atoms with E-state index in [0.717, 1.165) is 6.61 Å². The van der Waals surface area contributed by atoms with Gasteiger partial charge in [0, 0.05) is 13.7 Å². The first kappa shape index (κ1) is 9.01. The average Bonchev–Trinajstić information content (AvgIpc) is 2.63. The van der Waals surface area contributed by atoms with Gasteiger partial charge in [-0.3, -0.25) is 0 Å². The van der Waals surface area contributed by atoms with Crippen LogP contribution in [0.25, 0.3) is 0 Å². The Kier molecular flexibility index (Phi) is 3.34. The lowest BCUT2D eigenvalue weighted by Gasteiger charge is -2.07. The standard InChI is InChI=1S/C9H18O2/c1-7(6-10-3)4-5-9-8(2)11-9/h7-9H,4-6H2,1-3H3. The van der Waals surface area contributed by atoms with Crippen LogP contribution in [0, 0.1) is 5.92 Å². The van der Waals surface area contributed by atoms with Crippen molar-refractivity contribution in [1.29, 1.82) is 0 Å². The van der Waals surface area contributed by atoms with Gasteiger partial charge in [0.15, 0.2) is 0 Å². The molecular formula is C9H18O2. The largest absolute Gasteiger partial charge is 0.384 e. The van der Waals surface area contributed by atoms with Gasteiger partial charge in [-0.05, 0) is 25.7 Å². The summed E-state index contributed by atoms with van der Waals surface area (Å²) in [4.78, 5) is 0. The minimum absolute atomic E-state index is 0.518. The highest BCUT2D eigenvalue weighted by molar-refractivity contribution is 4.80. The summed E-state index contributed by atoms with van der Waals surface area (Å²) in [6.45, 7) is 5.23. The van der Waals surface area contributed by atoms with Crippen LogP contribution in [0.5, 0.6) is 0 Å². The molecule has 1 aliphatic rings. The molecule has 11 heavy (non-hydrogen) atoms. The van der Waals surface area contributed by atoms with Crippen LogP contribution in [-0.4, -0.2) is 25.9 Å². The molecule has 0 N–H and O–H groups in total. The third-order valence-corrected chi connectivity index (χ3v) is 2.23. The summed E-state index contributed by atoms with van der Waals surface area (Å²) in [6.07, 6.45) is 3.49. The molecule has 0 spiro atoms. The summed E-state index contributed by atoms with van der Waals surface area (Å²) >= 11 is 0. The fourth-order valence-electron chi connectivity index (χ4n) is 1.35. The molecule has 1 aliphatic heterocycles.